The molecule has 0 unspecified atom stereocenters. The second-order valence-electron chi connectivity index (χ2n) is 6.63. The topological polar surface area (TPSA) is 84.5 Å². The van der Waals surface area contributed by atoms with Gasteiger partial charge in [-0.25, -0.2) is 9.97 Å². The first-order valence-electron chi connectivity index (χ1n) is 8.87. The third kappa shape index (κ3) is 3.04. The van der Waals surface area contributed by atoms with Gasteiger partial charge in [-0.3, -0.25) is 0 Å². The average molecular weight is 389 g/mol. The molecular formula is C21H17ClN6. The van der Waals surface area contributed by atoms with Gasteiger partial charge in [-0.2, -0.15) is 0 Å². The molecule has 4 N–H and O–H groups in total. The van der Waals surface area contributed by atoms with Gasteiger partial charge < -0.3 is 20.6 Å². The molecule has 5 rings (SSSR count). The molecule has 0 spiro atoms. The Morgan fingerprint density at radius 1 is 1.07 bits per heavy atom. The Labute approximate surface area is 166 Å². The molecule has 2 aromatic carbocycles. The number of hydrogen-bond donors (Lipinski definition) is 3. The van der Waals surface area contributed by atoms with Crippen molar-refractivity contribution in [1.82, 2.24) is 19.5 Å². The molecule has 0 bridgehead atoms. The van der Waals surface area contributed by atoms with Crippen LogP contribution >= 0.6 is 11.6 Å². The molecule has 3 heterocycles. The van der Waals surface area contributed by atoms with Crippen molar-refractivity contribution in [2.45, 2.75) is 6.54 Å². The van der Waals surface area contributed by atoms with Crippen molar-refractivity contribution in [2.75, 3.05) is 11.1 Å². The van der Waals surface area contributed by atoms with E-state index in [4.69, 9.17) is 17.3 Å². The van der Waals surface area contributed by atoms with E-state index in [1.54, 1.807) is 6.20 Å². The summed E-state index contributed by atoms with van der Waals surface area (Å²) in [6.45, 7) is 0.662. The third-order valence-corrected chi connectivity index (χ3v) is 4.90. The predicted octanol–water partition coefficient (Wildman–Crippen LogP) is 4.75. The van der Waals surface area contributed by atoms with Crippen LogP contribution in [0.25, 0.3) is 27.8 Å². The zero-order valence-electron chi connectivity index (χ0n) is 14.9. The van der Waals surface area contributed by atoms with Crippen LogP contribution in [0, 0.1) is 0 Å². The summed E-state index contributed by atoms with van der Waals surface area (Å²) in [6.07, 6.45) is 3.67. The number of aromatic amines is 1. The number of H-pyrrole nitrogens is 1. The van der Waals surface area contributed by atoms with E-state index in [0.29, 0.717) is 17.3 Å². The predicted molar refractivity (Wildman–Crippen MR) is 114 cm³/mol. The molecule has 138 valence electrons. The molecule has 0 aliphatic rings. The summed E-state index contributed by atoms with van der Waals surface area (Å²) in [6, 6.07) is 17.8. The number of halogens is 1. The Morgan fingerprint density at radius 3 is 2.86 bits per heavy atom. The number of hydrogen-bond acceptors (Lipinski definition) is 4. The second-order valence-corrected chi connectivity index (χ2v) is 7.07. The maximum atomic E-state index is 5.94. The molecule has 28 heavy (non-hydrogen) atoms. The molecule has 6 nitrogen and oxygen atoms in total. The van der Waals surface area contributed by atoms with Crippen LogP contribution < -0.4 is 11.1 Å². The fourth-order valence-electron chi connectivity index (χ4n) is 3.31. The van der Waals surface area contributed by atoms with Crippen molar-refractivity contribution in [2.24, 2.45) is 0 Å². The van der Waals surface area contributed by atoms with E-state index >= 15 is 0 Å². The van der Waals surface area contributed by atoms with Crippen molar-refractivity contribution >= 4 is 45.2 Å². The lowest BCUT2D eigenvalue weighted by molar-refractivity contribution is 1.04. The van der Waals surface area contributed by atoms with Gasteiger partial charge in [-0.05, 0) is 54.1 Å². The molecule has 5 aromatic rings. The molecule has 7 heteroatoms. The molecule has 3 aromatic heterocycles. The Kier molecular flexibility index (Phi) is 3.91. The van der Waals surface area contributed by atoms with Crippen LogP contribution in [0.5, 0.6) is 0 Å². The largest absolute Gasteiger partial charge is 0.399 e. The summed E-state index contributed by atoms with van der Waals surface area (Å²) in [5.41, 5.74) is 10.6. The molecule has 0 amide bonds. The van der Waals surface area contributed by atoms with Gasteiger partial charge >= 0.3 is 0 Å². The molecule has 0 saturated carbocycles. The van der Waals surface area contributed by atoms with E-state index in [1.165, 1.54) is 0 Å². The van der Waals surface area contributed by atoms with Crippen LogP contribution in [0.3, 0.4) is 0 Å². The van der Waals surface area contributed by atoms with Crippen molar-refractivity contribution in [1.29, 1.82) is 0 Å². The van der Waals surface area contributed by atoms with E-state index in [9.17, 15) is 0 Å². The quantitative estimate of drug-likeness (QED) is 0.388. The first kappa shape index (κ1) is 16.6. The SMILES string of the molecule is Nc1ccc2nc(NCc3ccc4c(ccn4-c4ccc(Cl)cn4)c3)[nH]c2c1. The third-order valence-electron chi connectivity index (χ3n) is 4.68. The number of nitrogens with two attached hydrogens (primary N) is 1. The van der Waals surface area contributed by atoms with Gasteiger partial charge in [-0.1, -0.05) is 17.7 Å². The Morgan fingerprint density at radius 2 is 2.00 bits per heavy atom. The Balaban J connectivity index is 1.38. The highest BCUT2D eigenvalue weighted by molar-refractivity contribution is 6.30. The standard InChI is InChI=1S/C21H17ClN6/c22-15-2-6-20(24-12-15)28-8-7-14-9-13(1-5-19(14)28)11-25-21-26-17-4-3-16(23)10-18(17)27-21/h1-10,12H,11,23H2,(H2,25,26,27). The van der Waals surface area contributed by atoms with Crippen molar-refractivity contribution < 1.29 is 0 Å². The number of nitrogen functional groups attached to an aromatic ring is 1. The lowest BCUT2D eigenvalue weighted by Crippen LogP contribution is -2.01. The van der Waals surface area contributed by atoms with E-state index in [0.717, 1.165) is 39.3 Å². The average Bonchev–Trinajstić information content (AvgIpc) is 3.30. The summed E-state index contributed by atoms with van der Waals surface area (Å²) >= 11 is 5.94. The molecular weight excluding hydrogens is 372 g/mol. The first-order valence-corrected chi connectivity index (χ1v) is 9.24. The van der Waals surface area contributed by atoms with Gasteiger partial charge in [0.25, 0.3) is 0 Å². The maximum Gasteiger partial charge on any atom is 0.201 e. The van der Waals surface area contributed by atoms with Gasteiger partial charge in [0.05, 0.1) is 21.6 Å². The molecule has 0 aliphatic carbocycles. The number of nitrogens with one attached hydrogen (secondary N) is 2. The van der Waals surface area contributed by atoms with Gasteiger partial charge in [0.1, 0.15) is 5.82 Å². The minimum atomic E-state index is 0.627. The zero-order valence-corrected chi connectivity index (χ0v) is 15.6. The van der Waals surface area contributed by atoms with Crippen LogP contribution in [0.2, 0.25) is 5.02 Å². The van der Waals surface area contributed by atoms with E-state index in [-0.39, 0.29) is 0 Å². The summed E-state index contributed by atoms with van der Waals surface area (Å²) < 4.78 is 2.05. The summed E-state index contributed by atoms with van der Waals surface area (Å²) in [5, 5.41) is 5.11. The molecule has 0 fully saturated rings. The number of fused-ring (bicyclic) bond motifs is 2. The highest BCUT2D eigenvalue weighted by atomic mass is 35.5. The van der Waals surface area contributed by atoms with Crippen LogP contribution in [0.15, 0.2) is 67.0 Å². The van der Waals surface area contributed by atoms with Crippen molar-refractivity contribution in [3.05, 3.63) is 77.6 Å². The van der Waals surface area contributed by atoms with Crippen LogP contribution in [-0.4, -0.2) is 19.5 Å². The number of nitrogens with zero attached hydrogens (tertiary/aromatic N) is 3. The lowest BCUT2D eigenvalue weighted by Gasteiger charge is -2.06. The fraction of sp³-hybridized carbons (Fsp3) is 0.0476. The van der Waals surface area contributed by atoms with Gasteiger partial charge in [0.2, 0.25) is 5.95 Å². The molecule has 0 atom stereocenters. The minimum absolute atomic E-state index is 0.627. The fourth-order valence-corrected chi connectivity index (χ4v) is 3.42. The summed E-state index contributed by atoms with van der Waals surface area (Å²) in [4.78, 5) is 12.2. The van der Waals surface area contributed by atoms with Crippen molar-refractivity contribution in [3.63, 3.8) is 0 Å². The number of rotatable bonds is 4. The summed E-state index contributed by atoms with van der Waals surface area (Å²) in [7, 11) is 0. The Hall–Kier alpha value is -3.51. The molecule has 0 saturated heterocycles. The van der Waals surface area contributed by atoms with Gasteiger partial charge in [0.15, 0.2) is 0 Å². The van der Waals surface area contributed by atoms with Crippen LogP contribution in [-0.2, 0) is 6.54 Å². The van der Waals surface area contributed by atoms with E-state index in [1.807, 2.05) is 41.1 Å². The molecule has 0 radical (unpaired) electrons. The summed E-state index contributed by atoms with van der Waals surface area (Å²) in [5.74, 6) is 1.57. The number of benzene rings is 2. The van der Waals surface area contributed by atoms with Crippen LogP contribution in [0.4, 0.5) is 11.6 Å². The second kappa shape index (κ2) is 6.58. The first-order chi connectivity index (χ1) is 13.7. The highest BCUT2D eigenvalue weighted by Crippen LogP contribution is 2.22. The highest BCUT2D eigenvalue weighted by Gasteiger charge is 2.07. The minimum Gasteiger partial charge on any atom is -0.399 e. The lowest BCUT2D eigenvalue weighted by atomic mass is 10.1. The van der Waals surface area contributed by atoms with Crippen LogP contribution in [0.1, 0.15) is 5.56 Å². The maximum absolute atomic E-state index is 5.94. The smallest absolute Gasteiger partial charge is 0.201 e. The van der Waals surface area contributed by atoms with E-state index < -0.39 is 0 Å². The Bertz CT molecular complexity index is 1290. The monoisotopic (exact) mass is 388 g/mol. The molecule has 0 aliphatic heterocycles. The zero-order chi connectivity index (χ0) is 19.1. The normalized spacial score (nSPS) is 11.3. The number of aromatic nitrogens is 4. The van der Waals surface area contributed by atoms with Gasteiger partial charge in [0, 0.05) is 30.0 Å². The van der Waals surface area contributed by atoms with Gasteiger partial charge in [-0.15, -0.1) is 0 Å². The van der Waals surface area contributed by atoms with Crippen molar-refractivity contribution in [3.8, 4) is 5.82 Å². The number of pyridine rings is 1. The number of imidazole rings is 1. The number of anilines is 2. The van der Waals surface area contributed by atoms with E-state index in [2.05, 4.69) is 44.5 Å².